The highest BCUT2D eigenvalue weighted by Gasteiger charge is 2.35. The van der Waals surface area contributed by atoms with Gasteiger partial charge in [-0.15, -0.1) is 0 Å². The Labute approximate surface area is 110 Å². The zero-order valence-electron chi connectivity index (χ0n) is 11.0. The Morgan fingerprint density at radius 1 is 1.22 bits per heavy atom. The van der Waals surface area contributed by atoms with Crippen LogP contribution in [0.25, 0.3) is 0 Å². The monoisotopic (exact) mass is 242 g/mol. The molecule has 0 aromatic heterocycles. The second-order valence-corrected chi connectivity index (χ2v) is 4.79. The quantitative estimate of drug-likeness (QED) is 0.779. The summed E-state index contributed by atoms with van der Waals surface area (Å²) in [5.41, 5.74) is 7.30. The minimum Gasteiger partial charge on any atom is -0.322 e. The lowest BCUT2D eigenvalue weighted by Crippen LogP contribution is -2.54. The average Bonchev–Trinajstić information content (AvgIpc) is 2.42. The molecule has 1 aliphatic rings. The third kappa shape index (κ3) is 2.55. The maximum Gasteiger partial charge on any atom is 0.0813 e. The van der Waals surface area contributed by atoms with Crippen molar-refractivity contribution in [3.05, 3.63) is 60.2 Å². The summed E-state index contributed by atoms with van der Waals surface area (Å²) in [6.07, 6.45) is 10.7. The first-order chi connectivity index (χ1) is 8.79. The van der Waals surface area contributed by atoms with Crippen molar-refractivity contribution < 1.29 is 0 Å². The Hall–Kier alpha value is -1.38. The molecule has 2 heteroatoms. The number of unbranched alkanes of at least 4 members (excludes halogenated alkanes) is 1. The number of nitrogens with two attached hydrogens (primary N) is 1. The molecule has 2 atom stereocenters. The number of nitrogens with one attached hydrogen (secondary N) is 1. The van der Waals surface area contributed by atoms with E-state index in [1.54, 1.807) is 0 Å². The van der Waals surface area contributed by atoms with Crippen molar-refractivity contribution >= 4 is 0 Å². The first-order valence-electron chi connectivity index (χ1n) is 6.72. The van der Waals surface area contributed by atoms with Gasteiger partial charge in [-0.3, -0.25) is 0 Å². The molecule has 2 rings (SSSR count). The molecule has 96 valence electrons. The molecule has 0 saturated carbocycles. The Bertz CT molecular complexity index is 422. The highest BCUT2D eigenvalue weighted by atomic mass is 15.0. The third-order valence-electron chi connectivity index (χ3n) is 3.51. The van der Waals surface area contributed by atoms with Crippen LogP contribution >= 0.6 is 0 Å². The number of hydrogen-bond donors (Lipinski definition) is 2. The van der Waals surface area contributed by atoms with Crippen molar-refractivity contribution in [1.82, 2.24) is 5.32 Å². The molecule has 0 saturated heterocycles. The highest BCUT2D eigenvalue weighted by molar-refractivity contribution is 5.38. The van der Waals surface area contributed by atoms with Gasteiger partial charge in [0.05, 0.1) is 5.54 Å². The van der Waals surface area contributed by atoms with Crippen molar-refractivity contribution in [2.45, 2.75) is 31.3 Å². The van der Waals surface area contributed by atoms with Crippen molar-refractivity contribution in [3.8, 4) is 0 Å². The molecule has 0 spiro atoms. The molecule has 0 fully saturated rings. The van der Waals surface area contributed by atoms with E-state index in [0.29, 0.717) is 0 Å². The fourth-order valence-electron chi connectivity index (χ4n) is 2.41. The maximum atomic E-state index is 6.33. The number of allylic oxidation sites excluding steroid dienone is 2. The first-order valence-corrected chi connectivity index (χ1v) is 6.72. The summed E-state index contributed by atoms with van der Waals surface area (Å²) < 4.78 is 0. The lowest BCUT2D eigenvalue weighted by atomic mass is 9.80. The van der Waals surface area contributed by atoms with Gasteiger partial charge in [0.2, 0.25) is 0 Å². The van der Waals surface area contributed by atoms with Crippen molar-refractivity contribution in [3.63, 3.8) is 0 Å². The van der Waals surface area contributed by atoms with E-state index < -0.39 is 0 Å². The van der Waals surface area contributed by atoms with Crippen LogP contribution in [0.4, 0.5) is 0 Å². The van der Waals surface area contributed by atoms with Gasteiger partial charge in [-0.1, -0.05) is 68.0 Å². The van der Waals surface area contributed by atoms with Crippen LogP contribution in [0.15, 0.2) is 54.6 Å². The molecule has 0 radical (unpaired) electrons. The van der Waals surface area contributed by atoms with Crippen LogP contribution in [-0.4, -0.2) is 12.6 Å². The molecule has 0 heterocycles. The van der Waals surface area contributed by atoms with Crippen LogP contribution < -0.4 is 11.1 Å². The van der Waals surface area contributed by atoms with Crippen LogP contribution in [0.3, 0.4) is 0 Å². The number of hydrogen-bond acceptors (Lipinski definition) is 2. The van der Waals surface area contributed by atoms with Gasteiger partial charge < -0.3 is 11.1 Å². The second-order valence-electron chi connectivity index (χ2n) is 4.79. The molecule has 2 nitrogen and oxygen atoms in total. The fourth-order valence-corrected chi connectivity index (χ4v) is 2.41. The van der Waals surface area contributed by atoms with E-state index in [0.717, 1.165) is 6.54 Å². The molecule has 1 aliphatic carbocycles. The predicted octanol–water partition coefficient (Wildman–Crippen LogP) is 2.72. The molecule has 1 aromatic carbocycles. The second kappa shape index (κ2) is 5.98. The normalized spacial score (nSPS) is 26.4. The molecule has 1 aromatic rings. The van der Waals surface area contributed by atoms with E-state index in [-0.39, 0.29) is 11.6 Å². The van der Waals surface area contributed by atoms with E-state index in [9.17, 15) is 0 Å². The summed E-state index contributed by atoms with van der Waals surface area (Å²) in [6, 6.07) is 10.4. The minimum absolute atomic E-state index is 0.0262. The van der Waals surface area contributed by atoms with Crippen LogP contribution in [0.2, 0.25) is 0 Å². The third-order valence-corrected chi connectivity index (χ3v) is 3.51. The Morgan fingerprint density at radius 3 is 2.67 bits per heavy atom. The van der Waals surface area contributed by atoms with Crippen LogP contribution in [0.5, 0.6) is 0 Å². The van der Waals surface area contributed by atoms with Gasteiger partial charge in [0.15, 0.2) is 0 Å². The zero-order valence-corrected chi connectivity index (χ0v) is 11.0. The van der Waals surface area contributed by atoms with Gasteiger partial charge in [-0.2, -0.15) is 0 Å². The van der Waals surface area contributed by atoms with Crippen molar-refractivity contribution in [2.75, 3.05) is 6.54 Å². The molecule has 0 bridgehead atoms. The SMILES string of the molecule is CCCCNC1(c2ccccc2)C=CC=CC1N. The van der Waals surface area contributed by atoms with Crippen molar-refractivity contribution in [2.24, 2.45) is 5.73 Å². The summed E-state index contributed by atoms with van der Waals surface area (Å²) in [6.45, 7) is 3.19. The largest absolute Gasteiger partial charge is 0.322 e. The van der Waals surface area contributed by atoms with E-state index in [1.165, 1.54) is 18.4 Å². The molecule has 18 heavy (non-hydrogen) atoms. The average molecular weight is 242 g/mol. The number of rotatable bonds is 5. The van der Waals surface area contributed by atoms with Gasteiger partial charge in [0.25, 0.3) is 0 Å². The fraction of sp³-hybridized carbons (Fsp3) is 0.375. The van der Waals surface area contributed by atoms with E-state index >= 15 is 0 Å². The van der Waals surface area contributed by atoms with E-state index in [2.05, 4.69) is 54.7 Å². The molecule has 2 unspecified atom stereocenters. The van der Waals surface area contributed by atoms with Crippen LogP contribution in [0, 0.1) is 0 Å². The molecule has 0 amide bonds. The summed E-state index contributed by atoms with van der Waals surface area (Å²) in [4.78, 5) is 0. The summed E-state index contributed by atoms with van der Waals surface area (Å²) in [7, 11) is 0. The Balaban J connectivity index is 2.28. The van der Waals surface area contributed by atoms with E-state index in [1.807, 2.05) is 12.1 Å². The molecular formula is C16H22N2. The van der Waals surface area contributed by atoms with Gasteiger partial charge in [0, 0.05) is 6.04 Å². The highest BCUT2D eigenvalue weighted by Crippen LogP contribution is 2.29. The number of benzene rings is 1. The predicted molar refractivity (Wildman–Crippen MR) is 77.3 cm³/mol. The van der Waals surface area contributed by atoms with Crippen molar-refractivity contribution in [1.29, 1.82) is 0 Å². The van der Waals surface area contributed by atoms with Gasteiger partial charge >= 0.3 is 0 Å². The molecule has 0 aliphatic heterocycles. The van der Waals surface area contributed by atoms with Gasteiger partial charge in [-0.25, -0.2) is 0 Å². The van der Waals surface area contributed by atoms with Gasteiger partial charge in [-0.05, 0) is 18.5 Å². The zero-order chi connectivity index (χ0) is 12.8. The maximum absolute atomic E-state index is 6.33. The Morgan fingerprint density at radius 2 is 2.00 bits per heavy atom. The Kier molecular flexibility index (Phi) is 4.34. The van der Waals surface area contributed by atoms with Gasteiger partial charge in [0.1, 0.15) is 0 Å². The van der Waals surface area contributed by atoms with Crippen LogP contribution in [-0.2, 0) is 5.54 Å². The first kappa shape index (κ1) is 13.1. The smallest absolute Gasteiger partial charge is 0.0813 e. The minimum atomic E-state index is -0.259. The summed E-state index contributed by atoms with van der Waals surface area (Å²) in [5.74, 6) is 0. The van der Waals surface area contributed by atoms with Crippen LogP contribution in [0.1, 0.15) is 25.3 Å². The molecular weight excluding hydrogens is 220 g/mol. The topological polar surface area (TPSA) is 38.0 Å². The lowest BCUT2D eigenvalue weighted by molar-refractivity contribution is 0.370. The van der Waals surface area contributed by atoms with E-state index in [4.69, 9.17) is 5.73 Å². The molecule has 3 N–H and O–H groups in total. The summed E-state index contributed by atoms with van der Waals surface area (Å²) in [5, 5.41) is 3.64. The standard InChI is InChI=1S/C16H22N2/c1-2-3-13-18-16(12-8-7-11-15(16)17)14-9-5-4-6-10-14/h4-12,15,18H,2-3,13,17H2,1H3. The summed E-state index contributed by atoms with van der Waals surface area (Å²) >= 11 is 0. The lowest BCUT2D eigenvalue weighted by Gasteiger charge is -2.38.